The second-order valence-corrected chi connectivity index (χ2v) is 6.10. The molecule has 0 radical (unpaired) electrons. The topological polar surface area (TPSA) is 54.4 Å². The molecule has 1 heterocycles. The summed E-state index contributed by atoms with van der Waals surface area (Å²) in [6.45, 7) is 1.69. The second kappa shape index (κ2) is 3.61. The minimum atomic E-state index is -3.11. The third-order valence-electron chi connectivity index (χ3n) is 2.74. The highest BCUT2D eigenvalue weighted by atomic mass is 32.2. The molecule has 0 aromatic heterocycles. The van der Waals surface area contributed by atoms with Crippen molar-refractivity contribution in [3.05, 3.63) is 29.8 Å². The van der Waals surface area contributed by atoms with Crippen molar-refractivity contribution in [1.29, 1.82) is 0 Å². The van der Waals surface area contributed by atoms with Crippen LogP contribution in [-0.4, -0.2) is 25.4 Å². The molecule has 0 spiro atoms. The molecule has 0 saturated heterocycles. The van der Waals surface area contributed by atoms with E-state index in [1.807, 2.05) is 12.1 Å². The smallest absolute Gasteiger partial charge is 0.179 e. The van der Waals surface area contributed by atoms with Gasteiger partial charge in [-0.15, -0.1) is 0 Å². The first kappa shape index (κ1) is 10.6. The van der Waals surface area contributed by atoms with Crippen LogP contribution in [0.25, 0.3) is 0 Å². The van der Waals surface area contributed by atoms with E-state index >= 15 is 0 Å². The highest BCUT2D eigenvalue weighted by molar-refractivity contribution is 7.91. The van der Waals surface area contributed by atoms with Crippen LogP contribution in [0.15, 0.2) is 29.2 Å². The molecule has 3 nitrogen and oxygen atoms in total. The maximum Gasteiger partial charge on any atom is 0.179 e. The number of hydrogen-bond donors (Lipinski definition) is 1. The average Bonchev–Trinajstić information content (AvgIpc) is 2.39. The van der Waals surface area contributed by atoms with Crippen LogP contribution in [0.5, 0.6) is 0 Å². The molecule has 1 aromatic rings. The zero-order valence-corrected chi connectivity index (χ0v) is 9.37. The predicted octanol–water partition coefficient (Wildman–Crippen LogP) is 1.33. The first-order valence-corrected chi connectivity index (χ1v) is 6.65. The maximum atomic E-state index is 11.8. The number of sulfone groups is 1. The van der Waals surface area contributed by atoms with Crippen molar-refractivity contribution in [2.45, 2.75) is 30.3 Å². The molecule has 0 aliphatic carbocycles. The first-order chi connectivity index (χ1) is 7.00. The molecule has 1 N–H and O–H groups in total. The van der Waals surface area contributed by atoms with Crippen molar-refractivity contribution in [3.8, 4) is 0 Å². The number of fused-ring (bicyclic) bond motifs is 1. The Bertz CT molecular complexity index is 462. The monoisotopic (exact) mass is 226 g/mol. The standard InChI is InChI=1S/C11H14O3S/c1-8(12)6-9-7-15(13,14)11-5-3-2-4-10(9)11/h2-5,8-9,12H,6-7H2,1H3. The van der Waals surface area contributed by atoms with E-state index < -0.39 is 15.9 Å². The van der Waals surface area contributed by atoms with Gasteiger partial charge in [0.2, 0.25) is 0 Å². The lowest BCUT2D eigenvalue weighted by molar-refractivity contribution is 0.177. The third kappa shape index (κ3) is 1.92. The Labute approximate surface area is 89.7 Å². The fourth-order valence-electron chi connectivity index (χ4n) is 2.15. The van der Waals surface area contributed by atoms with Gasteiger partial charge in [0.15, 0.2) is 9.84 Å². The van der Waals surface area contributed by atoms with Crippen molar-refractivity contribution >= 4 is 9.84 Å². The molecule has 0 saturated carbocycles. The van der Waals surface area contributed by atoms with Crippen LogP contribution >= 0.6 is 0 Å². The molecule has 2 atom stereocenters. The number of aliphatic hydroxyl groups is 1. The summed E-state index contributed by atoms with van der Waals surface area (Å²) < 4.78 is 23.5. The normalized spacial score (nSPS) is 24.8. The van der Waals surface area contributed by atoms with Gasteiger partial charge in [-0.25, -0.2) is 8.42 Å². The van der Waals surface area contributed by atoms with Crippen molar-refractivity contribution in [2.24, 2.45) is 0 Å². The van der Waals surface area contributed by atoms with Crippen molar-refractivity contribution in [3.63, 3.8) is 0 Å². The van der Waals surface area contributed by atoms with Crippen molar-refractivity contribution < 1.29 is 13.5 Å². The lowest BCUT2D eigenvalue weighted by atomic mass is 9.96. The number of hydrogen-bond acceptors (Lipinski definition) is 3. The number of aliphatic hydroxyl groups excluding tert-OH is 1. The summed E-state index contributed by atoms with van der Waals surface area (Å²) in [5.74, 6) is 0.0863. The summed E-state index contributed by atoms with van der Waals surface area (Å²) in [5, 5.41) is 9.31. The van der Waals surface area contributed by atoms with Gasteiger partial charge >= 0.3 is 0 Å². The fraction of sp³-hybridized carbons (Fsp3) is 0.455. The summed E-state index contributed by atoms with van der Waals surface area (Å²) in [5.41, 5.74) is 0.860. The molecular weight excluding hydrogens is 212 g/mol. The number of benzene rings is 1. The number of rotatable bonds is 2. The highest BCUT2D eigenvalue weighted by Gasteiger charge is 2.34. The highest BCUT2D eigenvalue weighted by Crippen LogP contribution is 2.37. The second-order valence-electron chi connectivity index (χ2n) is 4.10. The van der Waals surface area contributed by atoms with E-state index in [2.05, 4.69) is 0 Å². The van der Waals surface area contributed by atoms with Crippen molar-refractivity contribution in [2.75, 3.05) is 5.75 Å². The van der Waals surface area contributed by atoms with Gasteiger partial charge in [-0.05, 0) is 25.0 Å². The van der Waals surface area contributed by atoms with Crippen LogP contribution in [0.4, 0.5) is 0 Å². The Morgan fingerprint density at radius 1 is 1.47 bits per heavy atom. The van der Waals surface area contributed by atoms with E-state index in [1.165, 1.54) is 0 Å². The fourth-order valence-corrected chi connectivity index (χ4v) is 4.06. The van der Waals surface area contributed by atoms with E-state index in [-0.39, 0.29) is 11.7 Å². The Morgan fingerprint density at radius 2 is 2.13 bits per heavy atom. The minimum absolute atomic E-state index is 0.0498. The van der Waals surface area contributed by atoms with E-state index in [1.54, 1.807) is 19.1 Å². The zero-order chi connectivity index (χ0) is 11.1. The van der Waals surface area contributed by atoms with Gasteiger partial charge in [0.05, 0.1) is 16.8 Å². The Balaban J connectivity index is 2.43. The Hall–Kier alpha value is -0.870. The summed E-state index contributed by atoms with van der Waals surface area (Å²) in [4.78, 5) is 0.440. The average molecular weight is 226 g/mol. The molecule has 4 heteroatoms. The van der Waals surface area contributed by atoms with Crippen LogP contribution in [0.1, 0.15) is 24.8 Å². The lowest BCUT2D eigenvalue weighted by Gasteiger charge is -2.11. The zero-order valence-electron chi connectivity index (χ0n) is 8.55. The van der Waals surface area contributed by atoms with Crippen LogP contribution in [0.3, 0.4) is 0 Å². The molecule has 2 rings (SSSR count). The van der Waals surface area contributed by atoms with E-state index in [9.17, 15) is 13.5 Å². The van der Waals surface area contributed by atoms with Crippen LogP contribution < -0.4 is 0 Å². The molecule has 1 aromatic carbocycles. The van der Waals surface area contributed by atoms with E-state index in [0.29, 0.717) is 11.3 Å². The summed E-state index contributed by atoms with van der Waals surface area (Å²) in [6.07, 6.45) is 0.0485. The SMILES string of the molecule is CC(O)CC1CS(=O)(=O)c2ccccc21. The van der Waals surface area contributed by atoms with Crippen molar-refractivity contribution in [1.82, 2.24) is 0 Å². The molecular formula is C11H14O3S. The van der Waals surface area contributed by atoms with Gasteiger partial charge in [-0.3, -0.25) is 0 Å². The van der Waals surface area contributed by atoms with Gasteiger partial charge in [-0.2, -0.15) is 0 Å². The van der Waals surface area contributed by atoms with Gasteiger partial charge in [-0.1, -0.05) is 18.2 Å². The van der Waals surface area contributed by atoms with Crippen LogP contribution in [-0.2, 0) is 9.84 Å². The maximum absolute atomic E-state index is 11.8. The lowest BCUT2D eigenvalue weighted by Crippen LogP contribution is -2.10. The minimum Gasteiger partial charge on any atom is -0.393 e. The molecule has 15 heavy (non-hydrogen) atoms. The van der Waals surface area contributed by atoms with Gasteiger partial charge in [0, 0.05) is 5.92 Å². The summed E-state index contributed by atoms with van der Waals surface area (Å²) >= 11 is 0. The van der Waals surface area contributed by atoms with Gasteiger partial charge < -0.3 is 5.11 Å². The van der Waals surface area contributed by atoms with Gasteiger partial charge in [0.1, 0.15) is 0 Å². The largest absolute Gasteiger partial charge is 0.393 e. The van der Waals surface area contributed by atoms with Crippen LogP contribution in [0, 0.1) is 0 Å². The van der Waals surface area contributed by atoms with E-state index in [4.69, 9.17) is 0 Å². The molecule has 0 bridgehead atoms. The predicted molar refractivity (Wildman–Crippen MR) is 57.5 cm³/mol. The Kier molecular flexibility index (Phi) is 2.56. The molecule has 0 fully saturated rings. The van der Waals surface area contributed by atoms with Crippen LogP contribution in [0.2, 0.25) is 0 Å². The quantitative estimate of drug-likeness (QED) is 0.827. The molecule has 1 aliphatic rings. The first-order valence-electron chi connectivity index (χ1n) is 5.00. The Morgan fingerprint density at radius 3 is 2.80 bits per heavy atom. The van der Waals surface area contributed by atoms with Gasteiger partial charge in [0.25, 0.3) is 0 Å². The summed E-state index contributed by atoms with van der Waals surface area (Å²) in [7, 11) is -3.11. The third-order valence-corrected chi connectivity index (χ3v) is 4.62. The molecule has 0 amide bonds. The molecule has 82 valence electrons. The molecule has 2 unspecified atom stereocenters. The van der Waals surface area contributed by atoms with E-state index in [0.717, 1.165) is 5.56 Å². The summed E-state index contributed by atoms with van der Waals surface area (Å²) in [6, 6.07) is 7.06. The molecule has 1 aliphatic heterocycles.